The van der Waals surface area contributed by atoms with Crippen LogP contribution in [0.25, 0.3) is 11.1 Å². The van der Waals surface area contributed by atoms with Crippen LogP contribution in [0.4, 0.5) is 4.79 Å². The van der Waals surface area contributed by atoms with E-state index in [0.717, 1.165) is 11.1 Å². The number of hydrogen-bond donors (Lipinski definition) is 3. The molecule has 0 saturated carbocycles. The Bertz CT molecular complexity index is 976. The van der Waals surface area contributed by atoms with Crippen molar-refractivity contribution < 1.29 is 24.2 Å². The maximum absolute atomic E-state index is 12.3. The third-order valence-electron chi connectivity index (χ3n) is 6.44. The number of fused-ring (bicyclic) bond motifs is 3. The zero-order chi connectivity index (χ0) is 24.0. The zero-order valence-electron chi connectivity index (χ0n) is 19.4. The Hall–Kier alpha value is -3.35. The Morgan fingerprint density at radius 2 is 1.61 bits per heavy atom. The summed E-state index contributed by atoms with van der Waals surface area (Å²) in [5.41, 5.74) is 3.65. The summed E-state index contributed by atoms with van der Waals surface area (Å²) in [6, 6.07) is 16.3. The standard InChI is InChI=1S/C26H32N2O5/c1-4-26(3,24(30)31)16-28-23(29)13-17(2)14-27-25(32)33-15-22-20-11-7-5-9-18(20)19-10-6-8-12-21(19)22/h5-12,17,22H,4,13-16H2,1-3H3,(H,27,32)(H,28,29)(H,30,31). The number of aliphatic carboxylic acids is 1. The number of carboxylic acids is 1. The van der Waals surface area contributed by atoms with Gasteiger partial charge >= 0.3 is 12.1 Å². The maximum Gasteiger partial charge on any atom is 0.407 e. The quantitative estimate of drug-likeness (QED) is 0.502. The highest BCUT2D eigenvalue weighted by Crippen LogP contribution is 2.44. The molecule has 0 saturated heterocycles. The molecule has 2 amide bonds. The normalized spacial score (nSPS) is 15.0. The Morgan fingerprint density at radius 1 is 1.03 bits per heavy atom. The molecule has 2 aromatic rings. The van der Waals surface area contributed by atoms with Crippen LogP contribution in [0.3, 0.4) is 0 Å². The van der Waals surface area contributed by atoms with Gasteiger partial charge in [-0.2, -0.15) is 0 Å². The summed E-state index contributed by atoms with van der Waals surface area (Å²) in [5, 5.41) is 14.7. The monoisotopic (exact) mass is 452 g/mol. The van der Waals surface area contributed by atoms with Crippen LogP contribution in [0.15, 0.2) is 48.5 Å². The van der Waals surface area contributed by atoms with Crippen molar-refractivity contribution in [1.29, 1.82) is 0 Å². The first-order valence-electron chi connectivity index (χ1n) is 11.3. The van der Waals surface area contributed by atoms with E-state index in [0.29, 0.717) is 6.42 Å². The van der Waals surface area contributed by atoms with Crippen LogP contribution >= 0.6 is 0 Å². The minimum Gasteiger partial charge on any atom is -0.481 e. The lowest BCUT2D eigenvalue weighted by Gasteiger charge is -2.23. The topological polar surface area (TPSA) is 105 Å². The van der Waals surface area contributed by atoms with E-state index in [1.807, 2.05) is 31.2 Å². The molecule has 33 heavy (non-hydrogen) atoms. The molecule has 2 unspecified atom stereocenters. The van der Waals surface area contributed by atoms with E-state index in [1.54, 1.807) is 13.8 Å². The van der Waals surface area contributed by atoms with Gasteiger partial charge in [0.25, 0.3) is 0 Å². The van der Waals surface area contributed by atoms with Gasteiger partial charge in [-0.3, -0.25) is 9.59 Å². The number of alkyl carbamates (subject to hydrolysis) is 1. The highest BCUT2D eigenvalue weighted by atomic mass is 16.5. The molecule has 0 heterocycles. The second-order valence-corrected chi connectivity index (χ2v) is 9.01. The number of carbonyl (C=O) groups excluding carboxylic acids is 2. The molecule has 0 radical (unpaired) electrons. The predicted molar refractivity (Wildman–Crippen MR) is 126 cm³/mol. The molecular weight excluding hydrogens is 420 g/mol. The highest BCUT2D eigenvalue weighted by molar-refractivity contribution is 5.80. The van der Waals surface area contributed by atoms with E-state index in [-0.39, 0.29) is 43.9 Å². The summed E-state index contributed by atoms with van der Waals surface area (Å²) >= 11 is 0. The smallest absolute Gasteiger partial charge is 0.407 e. The second-order valence-electron chi connectivity index (χ2n) is 9.01. The molecule has 7 heteroatoms. The summed E-state index contributed by atoms with van der Waals surface area (Å²) in [6.45, 7) is 5.83. The van der Waals surface area contributed by atoms with Gasteiger partial charge < -0.3 is 20.5 Å². The van der Waals surface area contributed by atoms with Crippen molar-refractivity contribution in [3.63, 3.8) is 0 Å². The number of carbonyl (C=O) groups is 3. The Morgan fingerprint density at radius 3 is 2.15 bits per heavy atom. The molecular formula is C26H32N2O5. The molecule has 0 bridgehead atoms. The molecule has 7 nitrogen and oxygen atoms in total. The molecule has 3 N–H and O–H groups in total. The first kappa shape index (κ1) is 24.3. The van der Waals surface area contributed by atoms with Crippen LogP contribution in [0, 0.1) is 11.3 Å². The van der Waals surface area contributed by atoms with Crippen molar-refractivity contribution in [3.8, 4) is 11.1 Å². The van der Waals surface area contributed by atoms with Gasteiger partial charge in [0.2, 0.25) is 5.91 Å². The average molecular weight is 453 g/mol. The molecule has 1 aliphatic carbocycles. The van der Waals surface area contributed by atoms with Gasteiger partial charge in [-0.15, -0.1) is 0 Å². The summed E-state index contributed by atoms with van der Waals surface area (Å²) < 4.78 is 5.51. The van der Waals surface area contributed by atoms with Gasteiger partial charge in [0.05, 0.1) is 5.41 Å². The third-order valence-corrected chi connectivity index (χ3v) is 6.44. The summed E-state index contributed by atoms with van der Waals surface area (Å²) in [4.78, 5) is 35.8. The Labute approximate surface area is 194 Å². The number of rotatable bonds is 10. The number of amides is 2. The minimum atomic E-state index is -0.988. The molecule has 1 aliphatic rings. The van der Waals surface area contributed by atoms with Crippen LogP contribution in [-0.2, 0) is 14.3 Å². The Kier molecular flexibility index (Phi) is 7.74. The SMILES string of the molecule is CCC(C)(CNC(=O)CC(C)CNC(=O)OCC1c2ccccc2-c2ccccc21)C(=O)O. The number of ether oxygens (including phenoxy) is 1. The van der Waals surface area contributed by atoms with Crippen LogP contribution < -0.4 is 10.6 Å². The Balaban J connectivity index is 1.45. The largest absolute Gasteiger partial charge is 0.481 e. The number of hydrogen-bond acceptors (Lipinski definition) is 4. The van der Waals surface area contributed by atoms with Crippen LogP contribution in [-0.4, -0.2) is 42.8 Å². The van der Waals surface area contributed by atoms with Gasteiger partial charge in [-0.1, -0.05) is 62.4 Å². The van der Waals surface area contributed by atoms with Crippen LogP contribution in [0.1, 0.15) is 50.7 Å². The van der Waals surface area contributed by atoms with E-state index in [4.69, 9.17) is 4.74 Å². The minimum absolute atomic E-state index is 0.00605. The number of nitrogens with one attached hydrogen (secondary N) is 2. The van der Waals surface area contributed by atoms with Crippen LogP contribution in [0.2, 0.25) is 0 Å². The molecule has 3 rings (SSSR count). The van der Waals surface area contributed by atoms with Gasteiger partial charge in [0.1, 0.15) is 6.61 Å². The van der Waals surface area contributed by atoms with Crippen molar-refractivity contribution in [3.05, 3.63) is 59.7 Å². The molecule has 0 aliphatic heterocycles. The van der Waals surface area contributed by atoms with Crippen molar-refractivity contribution in [2.75, 3.05) is 19.7 Å². The van der Waals surface area contributed by atoms with Crippen molar-refractivity contribution in [2.24, 2.45) is 11.3 Å². The fraction of sp³-hybridized carbons (Fsp3) is 0.423. The lowest BCUT2D eigenvalue weighted by Crippen LogP contribution is -2.41. The van der Waals surface area contributed by atoms with Gasteiger partial charge in [0.15, 0.2) is 0 Å². The zero-order valence-corrected chi connectivity index (χ0v) is 19.4. The molecule has 0 aromatic heterocycles. The third kappa shape index (κ3) is 5.72. The van der Waals surface area contributed by atoms with Crippen molar-refractivity contribution >= 4 is 18.0 Å². The number of carboxylic acid groups (broad SMARTS) is 1. The van der Waals surface area contributed by atoms with Crippen molar-refractivity contribution in [1.82, 2.24) is 10.6 Å². The lowest BCUT2D eigenvalue weighted by molar-refractivity contribution is -0.148. The van der Waals surface area contributed by atoms with Crippen LogP contribution in [0.5, 0.6) is 0 Å². The van der Waals surface area contributed by atoms with E-state index >= 15 is 0 Å². The second kappa shape index (κ2) is 10.5. The first-order valence-corrected chi connectivity index (χ1v) is 11.3. The predicted octanol–water partition coefficient (Wildman–Crippen LogP) is 4.17. The molecule has 2 atom stereocenters. The molecule has 176 valence electrons. The summed E-state index contributed by atoms with van der Waals surface area (Å²) in [5.74, 6) is -1.30. The van der Waals surface area contributed by atoms with Gasteiger partial charge in [-0.25, -0.2) is 4.79 Å². The fourth-order valence-corrected chi connectivity index (χ4v) is 4.01. The van der Waals surface area contributed by atoms with Gasteiger partial charge in [-0.05, 0) is 41.5 Å². The molecule has 0 fully saturated rings. The van der Waals surface area contributed by atoms with E-state index < -0.39 is 17.5 Å². The first-order chi connectivity index (χ1) is 15.7. The van der Waals surface area contributed by atoms with E-state index in [9.17, 15) is 19.5 Å². The maximum atomic E-state index is 12.3. The molecule has 0 spiro atoms. The molecule has 2 aromatic carbocycles. The summed E-state index contributed by atoms with van der Waals surface area (Å²) in [7, 11) is 0. The number of benzene rings is 2. The van der Waals surface area contributed by atoms with E-state index in [1.165, 1.54) is 11.1 Å². The summed E-state index contributed by atoms with van der Waals surface area (Å²) in [6.07, 6.45) is 0.0819. The van der Waals surface area contributed by atoms with Gasteiger partial charge in [0, 0.05) is 25.4 Å². The van der Waals surface area contributed by atoms with Crippen molar-refractivity contribution in [2.45, 2.75) is 39.5 Å². The highest BCUT2D eigenvalue weighted by Gasteiger charge is 2.32. The fourth-order valence-electron chi connectivity index (χ4n) is 4.01. The van der Waals surface area contributed by atoms with E-state index in [2.05, 4.69) is 34.9 Å². The average Bonchev–Trinajstić information content (AvgIpc) is 3.13. The lowest BCUT2D eigenvalue weighted by atomic mass is 9.87.